The Morgan fingerprint density at radius 1 is 0.678 bits per heavy atom. The number of carbonyl (C=O) groups is 2. The number of phenolic OH excluding ortho intramolecular Hbond substituents is 5. The zero-order chi connectivity index (χ0) is 41.9. The average Bonchev–Trinajstić information content (AvgIpc) is 3.59. The molecule has 0 spiro atoms. The number of ketones is 2. The number of fused-ring (bicyclic) bond motifs is 1. The summed E-state index contributed by atoms with van der Waals surface area (Å²) in [5.74, 6) is -1.91. The van der Waals surface area contributed by atoms with Crippen molar-refractivity contribution in [3.63, 3.8) is 0 Å². The first kappa shape index (κ1) is 42.4. The molecule has 1 aliphatic heterocycles. The van der Waals surface area contributed by atoms with Gasteiger partial charge in [0.2, 0.25) is 5.78 Å². The van der Waals surface area contributed by atoms with Crippen molar-refractivity contribution in [3.8, 4) is 34.5 Å². The number of hydrogen-bond donors (Lipinski definition) is 5. The summed E-state index contributed by atoms with van der Waals surface area (Å²) in [4.78, 5) is 28.4. The second-order valence-electron chi connectivity index (χ2n) is 15.3. The number of allylic oxidation sites excluding steroid dienone is 5. The molecular weight excluding hydrogens is 745 g/mol. The normalized spacial score (nSPS) is 16.5. The number of phenols is 5. The van der Waals surface area contributed by atoms with E-state index in [2.05, 4.69) is 19.1 Å². The highest BCUT2D eigenvalue weighted by Crippen LogP contribution is 2.56. The molecule has 4 aromatic carbocycles. The summed E-state index contributed by atoms with van der Waals surface area (Å²) in [6.45, 7) is 2.22. The Morgan fingerprint density at radius 2 is 1.29 bits per heavy atom. The summed E-state index contributed by atoms with van der Waals surface area (Å²) in [5, 5.41) is 53.5. The van der Waals surface area contributed by atoms with Gasteiger partial charge in [-0.3, -0.25) is 9.59 Å². The zero-order valence-corrected chi connectivity index (χ0v) is 33.8. The lowest BCUT2D eigenvalue weighted by Crippen LogP contribution is -2.21. The second kappa shape index (κ2) is 20.0. The van der Waals surface area contributed by atoms with Gasteiger partial charge in [0, 0.05) is 40.5 Å². The van der Waals surface area contributed by atoms with Gasteiger partial charge in [-0.1, -0.05) is 94.0 Å². The van der Waals surface area contributed by atoms with Crippen molar-refractivity contribution < 1.29 is 44.6 Å². The van der Waals surface area contributed by atoms with Crippen molar-refractivity contribution in [3.05, 3.63) is 136 Å². The van der Waals surface area contributed by atoms with Gasteiger partial charge < -0.3 is 35.0 Å². The number of aromatic hydroxyl groups is 5. The van der Waals surface area contributed by atoms with Crippen LogP contribution in [0.3, 0.4) is 0 Å². The molecule has 9 heteroatoms. The van der Waals surface area contributed by atoms with E-state index < -0.39 is 23.6 Å². The summed E-state index contributed by atoms with van der Waals surface area (Å²) in [6.07, 6.45) is 20.6. The topological polar surface area (TPSA) is 154 Å². The molecule has 4 aromatic rings. The van der Waals surface area contributed by atoms with Gasteiger partial charge in [-0.25, -0.2) is 0 Å². The van der Waals surface area contributed by atoms with Gasteiger partial charge >= 0.3 is 0 Å². The van der Waals surface area contributed by atoms with Crippen molar-refractivity contribution in [1.82, 2.24) is 0 Å². The van der Waals surface area contributed by atoms with Gasteiger partial charge in [0.15, 0.2) is 11.5 Å². The van der Waals surface area contributed by atoms with Crippen LogP contribution in [0, 0.1) is 0 Å². The lowest BCUT2D eigenvalue weighted by atomic mass is 9.78. The molecule has 0 saturated carbocycles. The van der Waals surface area contributed by atoms with Crippen LogP contribution in [0.2, 0.25) is 0 Å². The van der Waals surface area contributed by atoms with E-state index in [1.165, 1.54) is 75.3 Å². The van der Waals surface area contributed by atoms with Gasteiger partial charge in [-0.05, 0) is 97.2 Å². The number of Topliss-reactive ketones (excluding diaryl/α,β-unsaturated/α-hetero) is 1. The van der Waals surface area contributed by atoms with E-state index in [9.17, 15) is 35.1 Å². The highest BCUT2D eigenvalue weighted by Gasteiger charge is 2.42. The second-order valence-corrected chi connectivity index (χ2v) is 15.3. The summed E-state index contributed by atoms with van der Waals surface area (Å²) in [6, 6.07) is 18.7. The first-order chi connectivity index (χ1) is 28.6. The maximum absolute atomic E-state index is 14.3. The first-order valence-corrected chi connectivity index (χ1v) is 20.7. The molecule has 0 unspecified atom stereocenters. The molecule has 1 heterocycles. The van der Waals surface area contributed by atoms with Gasteiger partial charge in [0.1, 0.15) is 40.6 Å². The van der Waals surface area contributed by atoms with Crippen molar-refractivity contribution in [2.45, 2.75) is 96.0 Å². The minimum atomic E-state index is -0.763. The molecule has 0 bridgehead atoms. The molecular formula is C50H54O9. The van der Waals surface area contributed by atoms with E-state index in [-0.39, 0.29) is 57.6 Å². The molecule has 1 aliphatic carbocycles. The fraction of sp³-hybridized carbons (Fsp3) is 0.320. The number of unbranched alkanes of at least 4 members (excludes halogenated alkanes) is 9. The van der Waals surface area contributed by atoms with Crippen LogP contribution in [0.1, 0.15) is 129 Å². The molecule has 6 rings (SSSR count). The largest absolute Gasteiger partial charge is 0.508 e. The molecule has 308 valence electrons. The number of ether oxygens (including phenoxy) is 2. The zero-order valence-electron chi connectivity index (χ0n) is 33.8. The lowest BCUT2D eigenvalue weighted by Gasteiger charge is -2.24. The quantitative estimate of drug-likeness (QED) is 0.0270. The molecule has 9 nitrogen and oxygen atoms in total. The fourth-order valence-corrected chi connectivity index (χ4v) is 8.07. The third-order valence-electron chi connectivity index (χ3n) is 11.0. The Kier molecular flexibility index (Phi) is 14.3. The molecule has 2 aliphatic rings. The molecule has 59 heavy (non-hydrogen) atoms. The molecule has 5 N–H and O–H groups in total. The number of carbonyl (C=O) groups excluding carboxylic acids is 2. The summed E-state index contributed by atoms with van der Waals surface area (Å²) >= 11 is 0. The average molecular weight is 799 g/mol. The third-order valence-corrected chi connectivity index (χ3v) is 11.0. The van der Waals surface area contributed by atoms with Gasteiger partial charge in [0.05, 0.1) is 13.0 Å². The molecule has 0 amide bonds. The van der Waals surface area contributed by atoms with E-state index in [1.54, 1.807) is 48.6 Å². The Labute approximate surface area is 346 Å². The molecule has 2 atom stereocenters. The van der Waals surface area contributed by atoms with E-state index in [1.807, 2.05) is 0 Å². The van der Waals surface area contributed by atoms with Crippen LogP contribution in [-0.2, 0) is 14.3 Å². The summed E-state index contributed by atoms with van der Waals surface area (Å²) in [7, 11) is 1.36. The summed E-state index contributed by atoms with van der Waals surface area (Å²) < 4.78 is 12.0. The van der Waals surface area contributed by atoms with E-state index in [4.69, 9.17) is 9.47 Å². The number of methoxy groups -OCH3 is 1. The highest BCUT2D eigenvalue weighted by atomic mass is 16.5. The van der Waals surface area contributed by atoms with Gasteiger partial charge in [0.25, 0.3) is 0 Å². The van der Waals surface area contributed by atoms with Crippen LogP contribution >= 0.6 is 0 Å². The van der Waals surface area contributed by atoms with Crippen molar-refractivity contribution in [2.75, 3.05) is 7.11 Å². The Bertz CT molecular complexity index is 2220. The van der Waals surface area contributed by atoms with E-state index >= 15 is 0 Å². The SMILES string of the molecule is CCCCCC/C=C/CCCCCCCC1=C(c2c(O)cc3c(c2/C=C/c2ccc(O)cc2)[C@H](c2cc(O)cc(O)c2)[C@@H](c2ccc(O)cc2)O3)C(=O)C=C(OC)C1=O. The predicted molar refractivity (Wildman–Crippen MR) is 230 cm³/mol. The van der Waals surface area contributed by atoms with E-state index in [0.29, 0.717) is 40.0 Å². The molecule has 0 fully saturated rings. The highest BCUT2D eigenvalue weighted by molar-refractivity contribution is 6.37. The van der Waals surface area contributed by atoms with E-state index in [0.717, 1.165) is 38.5 Å². The maximum atomic E-state index is 14.3. The summed E-state index contributed by atoms with van der Waals surface area (Å²) in [5.41, 5.74) is 3.24. The minimum absolute atomic E-state index is 0.0531. The van der Waals surface area contributed by atoms with Crippen LogP contribution in [0.5, 0.6) is 34.5 Å². The van der Waals surface area contributed by atoms with Crippen molar-refractivity contribution in [2.24, 2.45) is 0 Å². The monoisotopic (exact) mass is 798 g/mol. The first-order valence-electron chi connectivity index (χ1n) is 20.7. The number of benzene rings is 4. The fourth-order valence-electron chi connectivity index (χ4n) is 8.07. The number of rotatable bonds is 19. The lowest BCUT2D eigenvalue weighted by molar-refractivity contribution is -0.117. The Hall–Kier alpha value is -6.22. The third kappa shape index (κ3) is 10.3. The smallest absolute Gasteiger partial charge is 0.224 e. The van der Waals surface area contributed by atoms with Crippen LogP contribution in [0.4, 0.5) is 0 Å². The van der Waals surface area contributed by atoms with Crippen LogP contribution < -0.4 is 4.74 Å². The van der Waals surface area contributed by atoms with Crippen molar-refractivity contribution >= 4 is 29.3 Å². The van der Waals surface area contributed by atoms with Crippen LogP contribution in [-0.4, -0.2) is 44.2 Å². The van der Waals surface area contributed by atoms with Gasteiger partial charge in [-0.2, -0.15) is 0 Å². The minimum Gasteiger partial charge on any atom is -0.508 e. The molecule has 0 aromatic heterocycles. The van der Waals surface area contributed by atoms with Gasteiger partial charge in [-0.15, -0.1) is 0 Å². The maximum Gasteiger partial charge on any atom is 0.224 e. The molecule has 0 saturated heterocycles. The molecule has 0 radical (unpaired) electrons. The Balaban J connectivity index is 1.41. The van der Waals surface area contributed by atoms with Crippen LogP contribution in [0.15, 0.2) is 102 Å². The van der Waals surface area contributed by atoms with Crippen LogP contribution in [0.25, 0.3) is 17.7 Å². The van der Waals surface area contributed by atoms with Crippen molar-refractivity contribution in [1.29, 1.82) is 0 Å². The number of hydrogen-bond acceptors (Lipinski definition) is 9. The Morgan fingerprint density at radius 3 is 1.93 bits per heavy atom. The standard InChI is InChI=1S/C50H54O9/c1-3-4-5-6-7-8-9-10-11-12-13-14-15-16-40-47(42(56)31-44(58-2)49(40)57)46-39(26-19-32-17-22-35(51)23-18-32)48-43(30-41(46)55)59-50(33-20-24-36(52)25-21-33)45(48)34-27-37(53)29-38(54)28-34/h8-9,17-31,45,50-55H,3-7,10-16H2,1-2H3/b9-8+,26-19+/t45-,50+/m0/s1. The predicted octanol–water partition coefficient (Wildman–Crippen LogP) is 11.3.